The molecule has 2 aromatic rings. The third kappa shape index (κ3) is 5.96. The zero-order valence-electron chi connectivity index (χ0n) is 19.4. The summed E-state index contributed by atoms with van der Waals surface area (Å²) in [6.07, 6.45) is 1.08. The zero-order chi connectivity index (χ0) is 24.0. The number of aryl methyl sites for hydroxylation is 3. The smallest absolute Gasteiger partial charge is 0.423 e. The van der Waals surface area contributed by atoms with Gasteiger partial charge in [0.05, 0.1) is 12.2 Å². The predicted molar refractivity (Wildman–Crippen MR) is 116 cm³/mol. The maximum Gasteiger partial charge on any atom is 1.00 e. The van der Waals surface area contributed by atoms with Gasteiger partial charge in [-0.15, -0.1) is 0 Å². The van der Waals surface area contributed by atoms with Gasteiger partial charge < -0.3 is 10.0 Å². The summed E-state index contributed by atoms with van der Waals surface area (Å²) >= 11 is 0. The minimum absolute atomic E-state index is 0. The average Bonchev–Trinajstić information content (AvgIpc) is 3.40. The predicted octanol–water partition coefficient (Wildman–Crippen LogP) is 0.690. The van der Waals surface area contributed by atoms with Crippen LogP contribution in [0, 0.1) is 0 Å². The Bertz CT molecular complexity index is 1160. The summed E-state index contributed by atoms with van der Waals surface area (Å²) in [4.78, 5) is 13.6. The third-order valence-corrected chi connectivity index (χ3v) is 7.14. The molecule has 0 spiro atoms. The van der Waals surface area contributed by atoms with Crippen molar-refractivity contribution >= 4 is 21.7 Å². The Kier molecular flexibility index (Phi) is 8.08. The Hall–Kier alpha value is -1.60. The average molecular weight is 508 g/mol. The number of hydrogen-bond acceptors (Lipinski definition) is 5. The van der Waals surface area contributed by atoms with Gasteiger partial charge in [0.2, 0.25) is 10.0 Å². The Morgan fingerprint density at radius 1 is 1.15 bits per heavy atom. The standard InChI is InChI=1S/C21H26F3N5O3S.Na/c1-28(12-21(22,23)24)11-15-10-18(26-29(15)2)33(31,32)27-20(30)25-19-16-7-3-5-13(16)9-14-6-4-8-17(14)19;/h9-10H,3-8,11-12H2,1-2H3,(H2,25,27,30);/q;+1/p-1. The van der Waals surface area contributed by atoms with E-state index in [2.05, 4.69) is 21.2 Å². The molecule has 0 bridgehead atoms. The molecule has 1 N–H and O–H groups in total. The molecule has 13 heteroatoms. The van der Waals surface area contributed by atoms with Crippen LogP contribution in [0.1, 0.15) is 40.8 Å². The second-order valence-corrected chi connectivity index (χ2v) is 10.2. The molecular formula is C21H25F3N5NaO3S. The van der Waals surface area contributed by atoms with Crippen molar-refractivity contribution in [2.45, 2.75) is 56.3 Å². The third-order valence-electron chi connectivity index (χ3n) is 6.01. The van der Waals surface area contributed by atoms with Gasteiger partial charge in [0.1, 0.15) is 0 Å². The van der Waals surface area contributed by atoms with Crippen LogP contribution in [0.2, 0.25) is 0 Å². The van der Waals surface area contributed by atoms with Crippen molar-refractivity contribution in [3.05, 3.63) is 44.8 Å². The van der Waals surface area contributed by atoms with Crippen molar-refractivity contribution in [3.63, 3.8) is 0 Å². The first-order chi connectivity index (χ1) is 15.4. The number of benzene rings is 1. The number of fused-ring (bicyclic) bond motifs is 2. The molecule has 0 saturated carbocycles. The van der Waals surface area contributed by atoms with Gasteiger partial charge in [0.25, 0.3) is 0 Å². The number of rotatable bonds is 6. The van der Waals surface area contributed by atoms with Crippen molar-refractivity contribution in [1.82, 2.24) is 14.7 Å². The summed E-state index contributed by atoms with van der Waals surface area (Å²) in [5.74, 6) is 0. The van der Waals surface area contributed by atoms with Gasteiger partial charge >= 0.3 is 35.7 Å². The Morgan fingerprint density at radius 2 is 1.74 bits per heavy atom. The number of amides is 2. The van der Waals surface area contributed by atoms with Gasteiger partial charge in [-0.05, 0) is 79.6 Å². The molecule has 2 aliphatic rings. The maximum absolute atomic E-state index is 12.7. The number of urea groups is 1. The van der Waals surface area contributed by atoms with Gasteiger partial charge in [0, 0.05) is 13.6 Å². The van der Waals surface area contributed by atoms with Crippen molar-refractivity contribution in [1.29, 1.82) is 0 Å². The second kappa shape index (κ2) is 10.2. The number of carbonyl (C=O) groups excluding carboxylic acids is 1. The van der Waals surface area contributed by atoms with Crippen LogP contribution in [0.25, 0.3) is 4.72 Å². The Morgan fingerprint density at radius 3 is 2.29 bits per heavy atom. The van der Waals surface area contributed by atoms with Crippen LogP contribution in [0.15, 0.2) is 17.2 Å². The minimum Gasteiger partial charge on any atom is -0.423 e. The SMILES string of the molecule is CN(Cc1cc(S(=O)(=O)[N-]C(=O)Nc2c3c(cc4c2CCC4)CCC3)nn1C)CC(F)(F)F.[Na+]. The molecule has 2 amide bonds. The monoisotopic (exact) mass is 507 g/mol. The fourth-order valence-corrected chi connectivity index (χ4v) is 5.51. The molecule has 0 radical (unpaired) electrons. The summed E-state index contributed by atoms with van der Waals surface area (Å²) in [6.45, 7) is -1.33. The number of carbonyl (C=O) groups is 1. The van der Waals surface area contributed by atoms with E-state index in [4.69, 9.17) is 0 Å². The molecule has 8 nitrogen and oxygen atoms in total. The number of anilines is 1. The van der Waals surface area contributed by atoms with Gasteiger partial charge in [-0.2, -0.15) is 18.3 Å². The number of hydrogen-bond donors (Lipinski definition) is 1. The van der Waals surface area contributed by atoms with Crippen molar-refractivity contribution in [2.24, 2.45) is 7.05 Å². The number of alkyl halides is 3. The van der Waals surface area contributed by atoms with E-state index in [0.717, 1.165) is 60.6 Å². The van der Waals surface area contributed by atoms with Gasteiger partial charge in [-0.25, -0.2) is 8.42 Å². The van der Waals surface area contributed by atoms with Crippen LogP contribution in [-0.2, 0) is 49.3 Å². The second-order valence-electron chi connectivity index (χ2n) is 8.62. The van der Waals surface area contributed by atoms with Crippen LogP contribution < -0.4 is 34.9 Å². The molecule has 0 saturated heterocycles. The van der Waals surface area contributed by atoms with E-state index < -0.39 is 33.8 Å². The van der Waals surface area contributed by atoms with Crippen LogP contribution in [0.5, 0.6) is 0 Å². The normalized spacial score (nSPS) is 15.1. The first kappa shape index (κ1) is 27.0. The molecule has 180 valence electrons. The number of nitrogens with zero attached hydrogens (tertiary/aromatic N) is 4. The first-order valence-electron chi connectivity index (χ1n) is 10.7. The van der Waals surface area contributed by atoms with Gasteiger partial charge in [0.15, 0.2) is 11.1 Å². The molecule has 1 heterocycles. The molecule has 1 aromatic heterocycles. The van der Waals surface area contributed by atoms with Crippen LogP contribution >= 0.6 is 0 Å². The fraction of sp³-hybridized carbons (Fsp3) is 0.524. The van der Waals surface area contributed by atoms with Crippen LogP contribution in [0.3, 0.4) is 0 Å². The van der Waals surface area contributed by atoms with E-state index in [9.17, 15) is 26.4 Å². The summed E-state index contributed by atoms with van der Waals surface area (Å²) in [6, 6.07) is 2.32. The maximum atomic E-state index is 12.7. The number of aromatic nitrogens is 2. The van der Waals surface area contributed by atoms with Crippen molar-refractivity contribution < 1.29 is 55.9 Å². The number of sulfonamides is 1. The van der Waals surface area contributed by atoms with E-state index in [1.807, 2.05) is 0 Å². The number of halogens is 3. The fourth-order valence-electron chi connectivity index (χ4n) is 4.64. The first-order valence-corrected chi connectivity index (χ1v) is 12.1. The molecule has 2 aliphatic carbocycles. The van der Waals surface area contributed by atoms with E-state index in [1.165, 1.54) is 29.9 Å². The summed E-state index contributed by atoms with van der Waals surface area (Å²) in [5, 5.41) is 6.06. The zero-order valence-corrected chi connectivity index (χ0v) is 22.2. The topological polar surface area (TPSA) is 98.4 Å². The van der Waals surface area contributed by atoms with Crippen molar-refractivity contribution in [2.75, 3.05) is 18.9 Å². The van der Waals surface area contributed by atoms with Gasteiger partial charge in [-0.1, -0.05) is 6.07 Å². The Labute approximate surface area is 218 Å². The molecule has 4 rings (SSSR count). The molecule has 0 aliphatic heterocycles. The quantitative estimate of drug-likeness (QED) is 0.581. The Balaban J connectivity index is 0.00000324. The molecule has 34 heavy (non-hydrogen) atoms. The van der Waals surface area contributed by atoms with Crippen LogP contribution in [0.4, 0.5) is 23.7 Å². The van der Waals surface area contributed by atoms with Crippen molar-refractivity contribution in [3.8, 4) is 0 Å². The molecular weight excluding hydrogens is 482 g/mol. The summed E-state index contributed by atoms with van der Waals surface area (Å²) in [7, 11) is -1.75. The minimum atomic E-state index is -4.44. The molecule has 0 fully saturated rings. The van der Waals surface area contributed by atoms with E-state index in [0.29, 0.717) is 5.69 Å². The largest absolute Gasteiger partial charge is 1.00 e. The van der Waals surface area contributed by atoms with Crippen LogP contribution in [-0.4, -0.2) is 48.9 Å². The molecule has 1 aromatic carbocycles. The summed E-state index contributed by atoms with van der Waals surface area (Å²) < 4.78 is 67.6. The van der Waals surface area contributed by atoms with E-state index in [-0.39, 0.29) is 41.8 Å². The summed E-state index contributed by atoms with van der Waals surface area (Å²) in [5.41, 5.74) is 5.39. The van der Waals surface area contributed by atoms with Gasteiger partial charge in [-0.3, -0.25) is 14.4 Å². The molecule has 0 atom stereocenters. The molecule has 0 unspecified atom stereocenters. The van der Waals surface area contributed by atoms with E-state index in [1.54, 1.807) is 0 Å². The van der Waals surface area contributed by atoms with E-state index >= 15 is 0 Å². The number of nitrogens with one attached hydrogen (secondary N) is 1.